The predicted molar refractivity (Wildman–Crippen MR) is 97.2 cm³/mol. The minimum atomic E-state index is -0.103. The lowest BCUT2D eigenvalue weighted by Gasteiger charge is -2.45. The van der Waals surface area contributed by atoms with Gasteiger partial charge < -0.3 is 15.2 Å². The Bertz CT molecular complexity index is 651. The van der Waals surface area contributed by atoms with Gasteiger partial charge in [0.05, 0.1) is 5.60 Å². The Morgan fingerprint density at radius 2 is 1.75 bits per heavy atom. The molecule has 2 aromatic carbocycles. The monoisotopic (exact) mass is 325 g/mol. The van der Waals surface area contributed by atoms with Crippen LogP contribution < -0.4 is 5.32 Å². The number of benzene rings is 2. The molecule has 0 saturated carbocycles. The van der Waals surface area contributed by atoms with Gasteiger partial charge in [0.2, 0.25) is 0 Å². The molecule has 0 aliphatic carbocycles. The van der Waals surface area contributed by atoms with E-state index in [1.165, 1.54) is 11.1 Å². The molecule has 3 rings (SSSR count). The van der Waals surface area contributed by atoms with Gasteiger partial charge in [-0.3, -0.25) is 0 Å². The molecule has 0 bridgehead atoms. The summed E-state index contributed by atoms with van der Waals surface area (Å²) in [6, 6.07) is 18.2. The van der Waals surface area contributed by atoms with Crippen molar-refractivity contribution < 1.29 is 9.84 Å². The fourth-order valence-electron chi connectivity index (χ4n) is 3.83. The van der Waals surface area contributed by atoms with Crippen molar-refractivity contribution in [3.63, 3.8) is 0 Å². The first kappa shape index (κ1) is 17.0. The van der Waals surface area contributed by atoms with E-state index in [1.54, 1.807) is 12.1 Å². The van der Waals surface area contributed by atoms with Crippen molar-refractivity contribution >= 4 is 0 Å². The second kappa shape index (κ2) is 6.96. The minimum Gasteiger partial charge on any atom is -0.508 e. The molecule has 1 heterocycles. The van der Waals surface area contributed by atoms with Crippen LogP contribution in [0.25, 0.3) is 0 Å². The zero-order chi connectivity index (χ0) is 17.0. The van der Waals surface area contributed by atoms with Crippen molar-refractivity contribution in [3.8, 4) is 5.75 Å². The van der Waals surface area contributed by atoms with Crippen molar-refractivity contribution in [2.45, 2.75) is 44.2 Å². The fraction of sp³-hybridized carbons (Fsp3) is 0.429. The van der Waals surface area contributed by atoms with Crippen LogP contribution in [0.2, 0.25) is 0 Å². The highest BCUT2D eigenvalue weighted by molar-refractivity contribution is 5.28. The van der Waals surface area contributed by atoms with Crippen molar-refractivity contribution in [3.05, 3.63) is 65.7 Å². The molecule has 0 spiro atoms. The minimum absolute atomic E-state index is 0.0972. The molecule has 0 amide bonds. The Hall–Kier alpha value is -1.84. The van der Waals surface area contributed by atoms with Crippen LogP contribution in [0.1, 0.15) is 37.8 Å². The molecule has 3 nitrogen and oxygen atoms in total. The predicted octanol–water partition coefficient (Wildman–Crippen LogP) is 4.01. The van der Waals surface area contributed by atoms with Gasteiger partial charge in [-0.05, 0) is 49.9 Å². The third-order valence-electron chi connectivity index (χ3n) is 4.95. The average Bonchev–Trinajstić information content (AvgIpc) is 2.57. The zero-order valence-electron chi connectivity index (χ0n) is 14.6. The highest BCUT2D eigenvalue weighted by Crippen LogP contribution is 2.41. The highest BCUT2D eigenvalue weighted by atomic mass is 16.5. The topological polar surface area (TPSA) is 41.5 Å². The Morgan fingerprint density at radius 1 is 1.04 bits per heavy atom. The van der Waals surface area contributed by atoms with Gasteiger partial charge in [-0.25, -0.2) is 0 Å². The summed E-state index contributed by atoms with van der Waals surface area (Å²) in [6.45, 7) is 6.89. The summed E-state index contributed by atoms with van der Waals surface area (Å²) in [7, 11) is 0. The number of nitrogens with one attached hydrogen (secondary N) is 1. The standard InChI is InChI=1S/C21H27NO2/c1-20(2)15-21(12-13-24-20,18-6-4-3-5-7-18)16-22-14-17-8-10-19(23)11-9-17/h3-11,22-23H,12-16H2,1-2H3/t21-/m1/s1. The second-order valence-electron chi connectivity index (χ2n) is 7.45. The highest BCUT2D eigenvalue weighted by Gasteiger charge is 2.41. The number of hydrogen-bond acceptors (Lipinski definition) is 3. The van der Waals surface area contributed by atoms with Crippen LogP contribution >= 0.6 is 0 Å². The number of rotatable bonds is 5. The van der Waals surface area contributed by atoms with E-state index < -0.39 is 0 Å². The van der Waals surface area contributed by atoms with Crippen LogP contribution in [-0.2, 0) is 16.7 Å². The van der Waals surface area contributed by atoms with E-state index in [1.807, 2.05) is 12.1 Å². The van der Waals surface area contributed by atoms with E-state index in [4.69, 9.17) is 4.74 Å². The Morgan fingerprint density at radius 3 is 2.42 bits per heavy atom. The second-order valence-corrected chi connectivity index (χ2v) is 7.45. The maximum absolute atomic E-state index is 9.40. The number of ether oxygens (including phenoxy) is 1. The van der Waals surface area contributed by atoms with Crippen molar-refractivity contribution in [1.82, 2.24) is 5.32 Å². The molecule has 2 N–H and O–H groups in total. The van der Waals surface area contributed by atoms with Crippen LogP contribution in [-0.4, -0.2) is 23.9 Å². The summed E-state index contributed by atoms with van der Waals surface area (Å²) < 4.78 is 5.96. The van der Waals surface area contributed by atoms with Gasteiger partial charge in [0.15, 0.2) is 0 Å². The lowest BCUT2D eigenvalue weighted by atomic mass is 9.69. The molecule has 1 aliphatic heterocycles. The smallest absolute Gasteiger partial charge is 0.115 e. The van der Waals surface area contributed by atoms with Gasteiger partial charge >= 0.3 is 0 Å². The summed E-state index contributed by atoms with van der Waals surface area (Å²) in [4.78, 5) is 0. The molecule has 1 fully saturated rings. The molecule has 0 unspecified atom stereocenters. The summed E-state index contributed by atoms with van der Waals surface area (Å²) in [5, 5.41) is 13.0. The van der Waals surface area contributed by atoms with Gasteiger partial charge in [0.25, 0.3) is 0 Å². The molecule has 0 radical (unpaired) electrons. The van der Waals surface area contributed by atoms with Crippen molar-refractivity contribution in [2.24, 2.45) is 0 Å². The maximum Gasteiger partial charge on any atom is 0.115 e. The molecule has 1 saturated heterocycles. The number of phenols is 1. The third kappa shape index (κ3) is 3.97. The molecular formula is C21H27NO2. The van der Waals surface area contributed by atoms with E-state index in [9.17, 15) is 5.11 Å². The van der Waals surface area contributed by atoms with Crippen molar-refractivity contribution in [2.75, 3.05) is 13.2 Å². The number of phenolic OH excluding ortho intramolecular Hbond substituents is 1. The largest absolute Gasteiger partial charge is 0.508 e. The summed E-state index contributed by atoms with van der Waals surface area (Å²) in [5.41, 5.74) is 2.57. The van der Waals surface area contributed by atoms with Crippen molar-refractivity contribution in [1.29, 1.82) is 0 Å². The Labute approximate surface area is 144 Å². The quantitative estimate of drug-likeness (QED) is 0.873. The molecule has 2 aromatic rings. The fourth-order valence-corrected chi connectivity index (χ4v) is 3.83. The molecular weight excluding hydrogens is 298 g/mol. The van der Waals surface area contributed by atoms with Crippen LogP contribution in [0.4, 0.5) is 0 Å². The van der Waals surface area contributed by atoms with Gasteiger partial charge in [0.1, 0.15) is 5.75 Å². The van der Waals surface area contributed by atoms with Crippen LogP contribution in [0.15, 0.2) is 54.6 Å². The van der Waals surface area contributed by atoms with E-state index in [2.05, 4.69) is 49.5 Å². The Kier molecular flexibility index (Phi) is 4.93. The van der Waals surface area contributed by atoms with E-state index in [-0.39, 0.29) is 11.0 Å². The molecule has 3 heteroatoms. The van der Waals surface area contributed by atoms with Gasteiger partial charge in [-0.2, -0.15) is 0 Å². The lowest BCUT2D eigenvalue weighted by Crippen LogP contribution is -2.49. The summed E-state index contributed by atoms with van der Waals surface area (Å²) >= 11 is 0. The number of aromatic hydroxyl groups is 1. The first-order chi connectivity index (χ1) is 11.5. The molecule has 1 atom stereocenters. The first-order valence-corrected chi connectivity index (χ1v) is 8.67. The first-order valence-electron chi connectivity index (χ1n) is 8.67. The summed E-state index contributed by atoms with van der Waals surface area (Å²) in [6.07, 6.45) is 2.04. The number of hydrogen-bond donors (Lipinski definition) is 2. The zero-order valence-corrected chi connectivity index (χ0v) is 14.6. The van der Waals surface area contributed by atoms with E-state index >= 15 is 0 Å². The molecule has 24 heavy (non-hydrogen) atoms. The average molecular weight is 325 g/mol. The lowest BCUT2D eigenvalue weighted by molar-refractivity contribution is -0.0821. The molecule has 128 valence electrons. The third-order valence-corrected chi connectivity index (χ3v) is 4.95. The normalized spacial score (nSPS) is 23.1. The van der Waals surface area contributed by atoms with Crippen LogP contribution in [0, 0.1) is 0 Å². The SMILES string of the molecule is CC1(C)C[C@](CNCc2ccc(O)cc2)(c2ccccc2)CCO1. The van der Waals surface area contributed by atoms with Crippen LogP contribution in [0.3, 0.4) is 0 Å². The molecule has 0 aromatic heterocycles. The maximum atomic E-state index is 9.40. The van der Waals surface area contributed by atoms with Gasteiger partial charge in [-0.1, -0.05) is 42.5 Å². The van der Waals surface area contributed by atoms with Gasteiger partial charge in [0, 0.05) is 25.1 Å². The summed E-state index contributed by atoms with van der Waals surface area (Å²) in [5.74, 6) is 0.311. The van der Waals surface area contributed by atoms with E-state index in [0.717, 1.165) is 32.5 Å². The van der Waals surface area contributed by atoms with Crippen LogP contribution in [0.5, 0.6) is 5.75 Å². The van der Waals surface area contributed by atoms with Gasteiger partial charge in [-0.15, -0.1) is 0 Å². The molecule has 1 aliphatic rings. The van der Waals surface area contributed by atoms with E-state index in [0.29, 0.717) is 5.75 Å². The Balaban J connectivity index is 1.74.